The molecular formula is C10H14N2O6. The van der Waals surface area contributed by atoms with Crippen molar-refractivity contribution in [3.8, 4) is 0 Å². The van der Waals surface area contributed by atoms with E-state index in [2.05, 4.69) is 5.32 Å². The zero-order valence-electron chi connectivity index (χ0n) is 9.54. The average Bonchev–Trinajstić information content (AvgIpc) is 2.81. The fourth-order valence-electron chi connectivity index (χ4n) is 2.60. The van der Waals surface area contributed by atoms with Crippen molar-refractivity contribution in [2.75, 3.05) is 19.8 Å². The number of aliphatic hydroxyl groups is 2. The van der Waals surface area contributed by atoms with Gasteiger partial charge in [-0.1, -0.05) is 0 Å². The number of carbonyl (C=O) groups excluding carboxylic acids is 2. The molecule has 3 fully saturated rings. The van der Waals surface area contributed by atoms with Crippen molar-refractivity contribution in [1.29, 1.82) is 0 Å². The maximum Gasteiger partial charge on any atom is 0.326 e. The van der Waals surface area contributed by atoms with Gasteiger partial charge in [0, 0.05) is 13.0 Å². The third-order valence-electron chi connectivity index (χ3n) is 3.67. The van der Waals surface area contributed by atoms with Crippen molar-refractivity contribution in [2.45, 2.75) is 30.5 Å². The number of nitrogens with zero attached hydrogens (tertiary/aromatic N) is 1. The summed E-state index contributed by atoms with van der Waals surface area (Å²) >= 11 is 0. The molecule has 8 nitrogen and oxygen atoms in total. The van der Waals surface area contributed by atoms with E-state index in [-0.39, 0.29) is 32.1 Å². The van der Waals surface area contributed by atoms with Crippen molar-refractivity contribution in [3.63, 3.8) is 0 Å². The Balaban J connectivity index is 1.79. The van der Waals surface area contributed by atoms with E-state index in [1.807, 2.05) is 0 Å². The van der Waals surface area contributed by atoms with Gasteiger partial charge in [0.05, 0.1) is 13.2 Å². The van der Waals surface area contributed by atoms with Crippen molar-refractivity contribution in [2.24, 2.45) is 0 Å². The molecule has 3 amide bonds. The predicted molar refractivity (Wildman–Crippen MR) is 55.3 cm³/mol. The van der Waals surface area contributed by atoms with Crippen LogP contribution in [0.1, 0.15) is 6.42 Å². The standard InChI is InChI=1S/C10H14N2O6/c13-3-10-4-17-6(7(10)15)8(18-10)12-2-1-5(14)11-9(12)16/h6-8,13,15H,1-4H2,(H,11,14,16)/t6-,7?,8+,10-/m0/s1. The van der Waals surface area contributed by atoms with Gasteiger partial charge in [-0.25, -0.2) is 4.79 Å². The molecule has 2 bridgehead atoms. The number of amides is 3. The summed E-state index contributed by atoms with van der Waals surface area (Å²) in [4.78, 5) is 24.1. The van der Waals surface area contributed by atoms with Crippen LogP contribution in [0, 0.1) is 0 Å². The number of rotatable bonds is 2. The number of nitrogens with one attached hydrogen (secondary N) is 1. The van der Waals surface area contributed by atoms with Gasteiger partial charge in [-0.2, -0.15) is 0 Å². The fraction of sp³-hybridized carbons (Fsp3) is 0.800. The number of hydrogen-bond donors (Lipinski definition) is 3. The van der Waals surface area contributed by atoms with E-state index >= 15 is 0 Å². The Morgan fingerprint density at radius 2 is 2.28 bits per heavy atom. The highest BCUT2D eigenvalue weighted by Gasteiger charge is 2.63. The average molecular weight is 258 g/mol. The first-order valence-corrected chi connectivity index (χ1v) is 5.76. The van der Waals surface area contributed by atoms with Gasteiger partial charge in [-0.3, -0.25) is 15.0 Å². The summed E-state index contributed by atoms with van der Waals surface area (Å²) in [6.07, 6.45) is -2.25. The van der Waals surface area contributed by atoms with Crippen LogP contribution in [0.25, 0.3) is 0 Å². The van der Waals surface area contributed by atoms with Gasteiger partial charge in [0.1, 0.15) is 17.8 Å². The Kier molecular flexibility index (Phi) is 2.56. The summed E-state index contributed by atoms with van der Waals surface area (Å²) in [6.45, 7) is -0.0702. The van der Waals surface area contributed by atoms with E-state index in [0.717, 1.165) is 0 Å². The number of imide groups is 1. The molecule has 8 heteroatoms. The van der Waals surface area contributed by atoms with Crippen molar-refractivity contribution in [3.05, 3.63) is 0 Å². The fourth-order valence-corrected chi connectivity index (χ4v) is 2.60. The second kappa shape index (κ2) is 3.89. The number of ether oxygens (including phenoxy) is 2. The van der Waals surface area contributed by atoms with Crippen LogP contribution >= 0.6 is 0 Å². The van der Waals surface area contributed by atoms with Gasteiger partial charge in [-0.05, 0) is 0 Å². The molecule has 4 atom stereocenters. The van der Waals surface area contributed by atoms with Crippen LogP contribution in [0.3, 0.4) is 0 Å². The van der Waals surface area contributed by atoms with Crippen molar-refractivity contribution in [1.82, 2.24) is 10.2 Å². The highest BCUT2D eigenvalue weighted by molar-refractivity contribution is 5.96. The van der Waals surface area contributed by atoms with Crippen LogP contribution in [-0.2, 0) is 14.3 Å². The SMILES string of the molecule is O=C1CCN([C@@H]2O[C@@]3(CO)CO[C@H]2C3O)C(=O)N1. The van der Waals surface area contributed by atoms with Gasteiger partial charge in [0.15, 0.2) is 6.23 Å². The molecule has 3 N–H and O–H groups in total. The minimum absolute atomic E-state index is 0.0974. The number of urea groups is 1. The first-order chi connectivity index (χ1) is 8.57. The largest absolute Gasteiger partial charge is 0.393 e. The lowest BCUT2D eigenvalue weighted by atomic mass is 10.0. The highest BCUT2D eigenvalue weighted by Crippen LogP contribution is 2.41. The maximum atomic E-state index is 11.7. The van der Waals surface area contributed by atoms with Gasteiger partial charge in [0.2, 0.25) is 5.91 Å². The minimum Gasteiger partial charge on any atom is -0.393 e. The van der Waals surface area contributed by atoms with E-state index in [1.165, 1.54) is 4.90 Å². The van der Waals surface area contributed by atoms with Crippen molar-refractivity contribution < 1.29 is 29.3 Å². The normalized spacial score (nSPS) is 43.4. The molecule has 0 saturated carbocycles. The van der Waals surface area contributed by atoms with Crippen LogP contribution in [-0.4, -0.2) is 70.8 Å². The summed E-state index contributed by atoms with van der Waals surface area (Å²) < 4.78 is 10.9. The van der Waals surface area contributed by atoms with Crippen LogP contribution in [0.15, 0.2) is 0 Å². The molecule has 18 heavy (non-hydrogen) atoms. The van der Waals surface area contributed by atoms with Crippen LogP contribution < -0.4 is 5.32 Å². The Bertz CT molecular complexity index is 402. The lowest BCUT2D eigenvalue weighted by molar-refractivity contribution is -0.197. The summed E-state index contributed by atoms with van der Waals surface area (Å²) in [5.41, 5.74) is -1.16. The van der Waals surface area contributed by atoms with E-state index < -0.39 is 30.1 Å². The number of fused-ring (bicyclic) bond motifs is 2. The van der Waals surface area contributed by atoms with E-state index in [1.54, 1.807) is 0 Å². The minimum atomic E-state index is -1.16. The monoisotopic (exact) mass is 258 g/mol. The third-order valence-corrected chi connectivity index (χ3v) is 3.67. The summed E-state index contributed by atoms with van der Waals surface area (Å²) in [6, 6.07) is -0.562. The molecule has 100 valence electrons. The molecular weight excluding hydrogens is 244 g/mol. The molecule has 1 unspecified atom stereocenters. The lowest BCUT2D eigenvalue weighted by Gasteiger charge is -2.37. The quantitative estimate of drug-likeness (QED) is 0.517. The second-order valence-corrected chi connectivity index (χ2v) is 4.75. The molecule has 0 aromatic rings. The van der Waals surface area contributed by atoms with Crippen molar-refractivity contribution >= 4 is 11.9 Å². The summed E-state index contributed by atoms with van der Waals surface area (Å²) in [7, 11) is 0. The van der Waals surface area contributed by atoms with Gasteiger partial charge in [-0.15, -0.1) is 0 Å². The first-order valence-electron chi connectivity index (χ1n) is 5.76. The smallest absolute Gasteiger partial charge is 0.326 e. The molecule has 0 aromatic carbocycles. The zero-order chi connectivity index (χ0) is 12.9. The Labute approximate surface area is 102 Å². The van der Waals surface area contributed by atoms with Gasteiger partial charge in [0.25, 0.3) is 0 Å². The topological polar surface area (TPSA) is 108 Å². The zero-order valence-corrected chi connectivity index (χ0v) is 9.54. The molecule has 3 saturated heterocycles. The molecule has 3 aliphatic rings. The molecule has 0 aromatic heterocycles. The molecule has 0 aliphatic carbocycles. The molecule has 3 heterocycles. The molecule has 3 aliphatic heterocycles. The maximum absolute atomic E-state index is 11.7. The van der Waals surface area contributed by atoms with Crippen LogP contribution in [0.2, 0.25) is 0 Å². The summed E-state index contributed by atoms with van der Waals surface area (Å²) in [5.74, 6) is -0.335. The van der Waals surface area contributed by atoms with E-state index in [9.17, 15) is 19.8 Å². The van der Waals surface area contributed by atoms with Crippen LogP contribution in [0.5, 0.6) is 0 Å². The Morgan fingerprint density at radius 3 is 2.89 bits per heavy atom. The molecule has 0 radical (unpaired) electrons. The number of hydrogen-bond acceptors (Lipinski definition) is 6. The molecule has 3 rings (SSSR count). The van der Waals surface area contributed by atoms with E-state index in [4.69, 9.17) is 9.47 Å². The highest BCUT2D eigenvalue weighted by atomic mass is 16.7. The Morgan fingerprint density at radius 1 is 1.50 bits per heavy atom. The molecule has 0 spiro atoms. The summed E-state index contributed by atoms with van der Waals surface area (Å²) in [5, 5.41) is 21.5. The second-order valence-electron chi connectivity index (χ2n) is 4.75. The number of carbonyl (C=O) groups is 2. The van der Waals surface area contributed by atoms with Crippen LogP contribution in [0.4, 0.5) is 4.79 Å². The Hall–Kier alpha value is -1.22. The first kappa shape index (κ1) is 11.8. The third kappa shape index (κ3) is 1.46. The van der Waals surface area contributed by atoms with Gasteiger partial charge >= 0.3 is 6.03 Å². The number of aliphatic hydroxyl groups excluding tert-OH is 2. The van der Waals surface area contributed by atoms with E-state index in [0.29, 0.717) is 0 Å². The van der Waals surface area contributed by atoms with Gasteiger partial charge < -0.3 is 19.7 Å². The predicted octanol–water partition coefficient (Wildman–Crippen LogP) is -2.22. The lowest BCUT2D eigenvalue weighted by Crippen LogP contribution is -2.58.